The van der Waals surface area contributed by atoms with Crippen LogP contribution >= 0.6 is 0 Å². The Bertz CT molecular complexity index is 1070. The van der Waals surface area contributed by atoms with Gasteiger partial charge in [-0.1, -0.05) is 48.5 Å². The lowest BCUT2D eigenvalue weighted by Gasteiger charge is -2.21. The fourth-order valence-electron chi connectivity index (χ4n) is 5.24. The van der Waals surface area contributed by atoms with E-state index < -0.39 is 30.3 Å². The minimum atomic E-state index is -1.03. The van der Waals surface area contributed by atoms with E-state index in [1.54, 1.807) is 0 Å². The molecular weight excluding hydrogens is 452 g/mol. The van der Waals surface area contributed by atoms with Crippen molar-refractivity contribution in [2.75, 3.05) is 26.4 Å². The van der Waals surface area contributed by atoms with Gasteiger partial charge in [-0.05, 0) is 35.1 Å². The van der Waals surface area contributed by atoms with Gasteiger partial charge in [0.05, 0.1) is 6.04 Å². The van der Waals surface area contributed by atoms with Gasteiger partial charge in [0.1, 0.15) is 6.61 Å². The number of ether oxygens (including phenoxy) is 3. The summed E-state index contributed by atoms with van der Waals surface area (Å²) in [4.78, 5) is 36.6. The van der Waals surface area contributed by atoms with Gasteiger partial charge in [-0.2, -0.15) is 0 Å². The monoisotopic (exact) mass is 480 g/mol. The zero-order valence-corrected chi connectivity index (χ0v) is 19.1. The number of carbonyl (C=O) groups is 3. The molecule has 0 bridgehead atoms. The molecule has 2 heterocycles. The van der Waals surface area contributed by atoms with Gasteiger partial charge in [0, 0.05) is 31.6 Å². The SMILES string of the molecule is O=C(NC1CCOC1C(=O)NCC1CCOC1C(=O)O)OCC1c2ccccc2-c2ccccc21. The van der Waals surface area contributed by atoms with Crippen LogP contribution in [0.25, 0.3) is 11.1 Å². The third-order valence-corrected chi connectivity index (χ3v) is 6.99. The molecule has 2 fully saturated rings. The van der Waals surface area contributed by atoms with Gasteiger partial charge in [-0.15, -0.1) is 0 Å². The van der Waals surface area contributed by atoms with E-state index in [0.717, 1.165) is 22.3 Å². The van der Waals surface area contributed by atoms with E-state index in [9.17, 15) is 19.5 Å². The van der Waals surface area contributed by atoms with Crippen molar-refractivity contribution in [1.29, 1.82) is 0 Å². The molecule has 0 spiro atoms. The smallest absolute Gasteiger partial charge is 0.407 e. The number of carboxylic acids is 1. The van der Waals surface area contributed by atoms with Crippen LogP contribution in [-0.4, -0.2) is 67.7 Å². The maximum atomic E-state index is 12.7. The van der Waals surface area contributed by atoms with Crippen molar-refractivity contribution >= 4 is 18.0 Å². The number of alkyl carbamates (subject to hydrolysis) is 1. The summed E-state index contributed by atoms with van der Waals surface area (Å²) in [5, 5.41) is 14.7. The van der Waals surface area contributed by atoms with Gasteiger partial charge >= 0.3 is 12.1 Å². The molecule has 2 aromatic carbocycles. The van der Waals surface area contributed by atoms with E-state index in [2.05, 4.69) is 34.9 Å². The molecule has 2 aromatic rings. The number of hydrogen-bond acceptors (Lipinski definition) is 6. The molecule has 5 rings (SSSR count). The summed E-state index contributed by atoms with van der Waals surface area (Å²) in [6.45, 7) is 1.04. The molecule has 4 atom stereocenters. The molecule has 35 heavy (non-hydrogen) atoms. The third-order valence-electron chi connectivity index (χ3n) is 6.99. The maximum Gasteiger partial charge on any atom is 0.407 e. The lowest BCUT2D eigenvalue weighted by Crippen LogP contribution is -2.49. The first-order valence-corrected chi connectivity index (χ1v) is 11.9. The first-order valence-electron chi connectivity index (χ1n) is 11.9. The molecule has 0 radical (unpaired) electrons. The fourth-order valence-corrected chi connectivity index (χ4v) is 5.24. The molecule has 9 heteroatoms. The predicted octanol–water partition coefficient (Wildman–Crippen LogP) is 2.29. The minimum Gasteiger partial charge on any atom is -0.479 e. The van der Waals surface area contributed by atoms with Crippen molar-refractivity contribution in [2.45, 2.75) is 37.0 Å². The van der Waals surface area contributed by atoms with Gasteiger partial charge in [-0.3, -0.25) is 4.79 Å². The van der Waals surface area contributed by atoms with Crippen molar-refractivity contribution < 1.29 is 33.7 Å². The quantitative estimate of drug-likeness (QED) is 0.556. The maximum absolute atomic E-state index is 12.7. The van der Waals surface area contributed by atoms with Crippen molar-refractivity contribution in [3.8, 4) is 11.1 Å². The van der Waals surface area contributed by atoms with Gasteiger partial charge in [-0.25, -0.2) is 9.59 Å². The second-order valence-corrected chi connectivity index (χ2v) is 9.08. The molecule has 2 saturated heterocycles. The lowest BCUT2D eigenvalue weighted by atomic mass is 9.98. The minimum absolute atomic E-state index is 0.0529. The number of hydrogen-bond donors (Lipinski definition) is 3. The third kappa shape index (κ3) is 4.74. The Balaban J connectivity index is 1.15. The first kappa shape index (κ1) is 23.3. The van der Waals surface area contributed by atoms with Crippen molar-refractivity contribution in [1.82, 2.24) is 10.6 Å². The van der Waals surface area contributed by atoms with E-state index in [1.165, 1.54) is 0 Å². The molecule has 0 aromatic heterocycles. The highest BCUT2D eigenvalue weighted by Crippen LogP contribution is 2.44. The van der Waals surface area contributed by atoms with Crippen LogP contribution in [0.2, 0.25) is 0 Å². The van der Waals surface area contributed by atoms with Gasteiger partial charge in [0.2, 0.25) is 0 Å². The molecule has 2 aliphatic heterocycles. The number of nitrogens with one attached hydrogen (secondary N) is 2. The van der Waals surface area contributed by atoms with Crippen LogP contribution in [-0.2, 0) is 23.8 Å². The number of carboxylic acid groups (broad SMARTS) is 1. The van der Waals surface area contributed by atoms with E-state index in [1.807, 2.05) is 24.3 Å². The summed E-state index contributed by atoms with van der Waals surface area (Å²) >= 11 is 0. The average Bonchev–Trinajstić information content (AvgIpc) is 3.59. The van der Waals surface area contributed by atoms with Crippen molar-refractivity contribution in [3.05, 3.63) is 59.7 Å². The Morgan fingerprint density at radius 2 is 1.54 bits per heavy atom. The Hall–Kier alpha value is -3.43. The molecule has 0 saturated carbocycles. The summed E-state index contributed by atoms with van der Waals surface area (Å²) < 4.78 is 16.4. The Morgan fingerprint density at radius 1 is 0.914 bits per heavy atom. The predicted molar refractivity (Wildman–Crippen MR) is 125 cm³/mol. The molecule has 184 valence electrons. The van der Waals surface area contributed by atoms with E-state index in [4.69, 9.17) is 14.2 Å². The number of rotatable bonds is 7. The van der Waals surface area contributed by atoms with Crippen LogP contribution in [0.5, 0.6) is 0 Å². The van der Waals surface area contributed by atoms with Crippen LogP contribution in [0.3, 0.4) is 0 Å². The molecule has 3 N–H and O–H groups in total. The normalized spacial score (nSPS) is 25.0. The zero-order valence-electron chi connectivity index (χ0n) is 19.1. The molecule has 4 unspecified atom stereocenters. The van der Waals surface area contributed by atoms with Crippen molar-refractivity contribution in [2.24, 2.45) is 5.92 Å². The summed E-state index contributed by atoms with van der Waals surface area (Å²) in [6.07, 6.45) is -1.34. The zero-order chi connectivity index (χ0) is 24.4. The van der Waals surface area contributed by atoms with Crippen LogP contribution in [0.4, 0.5) is 4.79 Å². The standard InChI is InChI=1S/C26H28N2O7/c29-24(27-13-15-9-11-33-22(15)25(30)31)23-21(10-12-34-23)28-26(32)35-14-20-18-7-3-1-5-16(18)17-6-2-4-8-19(17)20/h1-8,15,20-23H,9-14H2,(H,27,29)(H,28,32)(H,30,31). The van der Waals surface area contributed by atoms with Crippen LogP contribution in [0.15, 0.2) is 48.5 Å². The Kier molecular flexibility index (Phi) is 6.70. The van der Waals surface area contributed by atoms with Crippen molar-refractivity contribution in [3.63, 3.8) is 0 Å². The van der Waals surface area contributed by atoms with Crippen LogP contribution < -0.4 is 10.6 Å². The topological polar surface area (TPSA) is 123 Å². The second kappa shape index (κ2) is 10.1. The number of fused-ring (bicyclic) bond motifs is 3. The molecule has 9 nitrogen and oxygen atoms in total. The fraction of sp³-hybridized carbons (Fsp3) is 0.423. The summed E-state index contributed by atoms with van der Waals surface area (Å²) in [7, 11) is 0. The summed E-state index contributed by atoms with van der Waals surface area (Å²) in [5.41, 5.74) is 4.55. The Morgan fingerprint density at radius 3 is 2.23 bits per heavy atom. The number of carbonyl (C=O) groups excluding carboxylic acids is 2. The van der Waals surface area contributed by atoms with Gasteiger partial charge in [0.25, 0.3) is 5.91 Å². The molecule has 2 amide bonds. The number of aliphatic carboxylic acids is 1. The van der Waals surface area contributed by atoms with E-state index >= 15 is 0 Å². The second-order valence-electron chi connectivity index (χ2n) is 9.08. The molecule has 1 aliphatic carbocycles. The van der Waals surface area contributed by atoms with Crippen LogP contribution in [0, 0.1) is 5.92 Å². The highest BCUT2D eigenvalue weighted by molar-refractivity contribution is 5.83. The molecular formula is C26H28N2O7. The summed E-state index contributed by atoms with van der Waals surface area (Å²) in [5.74, 6) is -1.77. The van der Waals surface area contributed by atoms with Gasteiger partial charge < -0.3 is 30.0 Å². The molecule has 3 aliphatic rings. The average molecular weight is 481 g/mol. The largest absolute Gasteiger partial charge is 0.479 e. The highest BCUT2D eigenvalue weighted by atomic mass is 16.6. The highest BCUT2D eigenvalue weighted by Gasteiger charge is 2.38. The van der Waals surface area contributed by atoms with E-state index in [-0.39, 0.29) is 30.9 Å². The summed E-state index contributed by atoms with van der Waals surface area (Å²) in [6, 6.07) is 15.7. The van der Waals surface area contributed by atoms with Gasteiger partial charge in [0.15, 0.2) is 12.2 Å². The number of benzene rings is 2. The van der Waals surface area contributed by atoms with E-state index in [0.29, 0.717) is 26.1 Å². The first-order chi connectivity index (χ1) is 17.0. The Labute approximate surface area is 202 Å². The number of amides is 2. The van der Waals surface area contributed by atoms with Crippen LogP contribution in [0.1, 0.15) is 29.9 Å². The lowest BCUT2D eigenvalue weighted by molar-refractivity contribution is -0.149.